The molecule has 0 radical (unpaired) electrons. The number of nitrogens with one attached hydrogen (secondary N) is 1. The monoisotopic (exact) mass is 324 g/mol. The highest BCUT2D eigenvalue weighted by atomic mass is 19.2. The molecule has 24 heavy (non-hydrogen) atoms. The third-order valence-electron chi connectivity index (χ3n) is 3.57. The van der Waals surface area contributed by atoms with E-state index < -0.39 is 23.6 Å². The molecular weight excluding hydrogens is 310 g/mol. The van der Waals surface area contributed by atoms with Crippen LogP contribution in [0, 0.1) is 11.6 Å². The summed E-state index contributed by atoms with van der Waals surface area (Å²) in [7, 11) is 0. The minimum atomic E-state index is -1.06. The molecule has 3 nitrogen and oxygen atoms in total. The molecule has 1 amide bonds. The fraction of sp³-hybridized carbons (Fsp3) is 0.0526. The number of hydrogen-bond acceptors (Lipinski definition) is 2. The maximum absolute atomic E-state index is 13.4. The van der Waals surface area contributed by atoms with E-state index in [-0.39, 0.29) is 5.56 Å². The lowest BCUT2D eigenvalue weighted by molar-refractivity contribution is 0.0941. The lowest BCUT2D eigenvalue weighted by Gasteiger charge is -2.19. The summed E-state index contributed by atoms with van der Waals surface area (Å²) in [5.41, 5.74) is 1.54. The van der Waals surface area contributed by atoms with Crippen LogP contribution in [0.25, 0.3) is 0 Å². The van der Waals surface area contributed by atoms with E-state index in [9.17, 15) is 13.6 Å². The summed E-state index contributed by atoms with van der Waals surface area (Å²) < 4.78 is 26.4. The molecule has 1 aromatic heterocycles. The number of carbonyl (C=O) groups excluding carboxylic acids is 1. The molecule has 0 aliphatic heterocycles. The third-order valence-corrected chi connectivity index (χ3v) is 3.57. The van der Waals surface area contributed by atoms with Crippen LogP contribution in [0.3, 0.4) is 0 Å². The summed E-state index contributed by atoms with van der Waals surface area (Å²) in [6.07, 6.45) is 1.63. The van der Waals surface area contributed by atoms with E-state index in [1.807, 2.05) is 36.4 Å². The zero-order valence-corrected chi connectivity index (χ0v) is 12.6. The van der Waals surface area contributed by atoms with Crippen LogP contribution in [0.2, 0.25) is 0 Å². The van der Waals surface area contributed by atoms with Gasteiger partial charge in [-0.1, -0.05) is 36.4 Å². The predicted molar refractivity (Wildman–Crippen MR) is 86.3 cm³/mol. The maximum Gasteiger partial charge on any atom is 0.252 e. The molecular formula is C19H14F2N2O. The van der Waals surface area contributed by atoms with E-state index in [2.05, 4.69) is 10.3 Å². The Kier molecular flexibility index (Phi) is 4.61. The molecule has 0 aliphatic rings. The van der Waals surface area contributed by atoms with Crippen molar-refractivity contribution in [3.05, 3.63) is 101 Å². The van der Waals surface area contributed by atoms with Gasteiger partial charge in [-0.25, -0.2) is 8.78 Å². The van der Waals surface area contributed by atoms with Crippen LogP contribution in [0.5, 0.6) is 0 Å². The molecule has 0 aliphatic carbocycles. The Morgan fingerprint density at radius 2 is 1.67 bits per heavy atom. The van der Waals surface area contributed by atoms with Crippen molar-refractivity contribution in [3.8, 4) is 0 Å². The second-order valence-electron chi connectivity index (χ2n) is 5.20. The van der Waals surface area contributed by atoms with Gasteiger partial charge in [-0.3, -0.25) is 9.78 Å². The third kappa shape index (κ3) is 3.46. The Hall–Kier alpha value is -3.08. The highest BCUT2D eigenvalue weighted by Crippen LogP contribution is 2.21. The number of rotatable bonds is 4. The van der Waals surface area contributed by atoms with Gasteiger partial charge >= 0.3 is 0 Å². The molecule has 3 rings (SSSR count). The molecule has 0 saturated heterocycles. The van der Waals surface area contributed by atoms with Crippen LogP contribution in [0.1, 0.15) is 27.7 Å². The molecule has 3 aromatic rings. The Labute approximate surface area is 138 Å². The normalized spacial score (nSPS) is 11.8. The average Bonchev–Trinajstić information content (AvgIpc) is 2.63. The molecule has 1 heterocycles. The van der Waals surface area contributed by atoms with E-state index in [0.29, 0.717) is 5.69 Å². The quantitative estimate of drug-likeness (QED) is 0.791. The smallest absolute Gasteiger partial charge is 0.252 e. The van der Waals surface area contributed by atoms with Gasteiger partial charge in [-0.2, -0.15) is 0 Å². The zero-order chi connectivity index (χ0) is 16.9. The molecule has 5 heteroatoms. The van der Waals surface area contributed by atoms with Gasteiger partial charge in [0.05, 0.1) is 11.7 Å². The first-order valence-corrected chi connectivity index (χ1v) is 7.37. The SMILES string of the molecule is O=C(N[C@H](c1ccccc1)c1ccccn1)c1ccc(F)c(F)c1. The predicted octanol–water partition coefficient (Wildman–Crippen LogP) is 3.88. The van der Waals surface area contributed by atoms with E-state index in [4.69, 9.17) is 0 Å². The number of aromatic nitrogens is 1. The van der Waals surface area contributed by atoms with E-state index in [0.717, 1.165) is 17.7 Å². The number of nitrogens with zero attached hydrogens (tertiary/aromatic N) is 1. The van der Waals surface area contributed by atoms with Crippen LogP contribution in [-0.2, 0) is 0 Å². The Morgan fingerprint density at radius 1 is 0.917 bits per heavy atom. The van der Waals surface area contributed by atoms with Crippen LogP contribution in [0.15, 0.2) is 72.9 Å². The van der Waals surface area contributed by atoms with Crippen molar-refractivity contribution < 1.29 is 13.6 Å². The molecule has 1 N–H and O–H groups in total. The first kappa shape index (κ1) is 15.8. The van der Waals surface area contributed by atoms with Crippen molar-refractivity contribution in [2.45, 2.75) is 6.04 Å². The van der Waals surface area contributed by atoms with Crippen molar-refractivity contribution in [2.24, 2.45) is 0 Å². The van der Waals surface area contributed by atoms with Crippen molar-refractivity contribution in [3.63, 3.8) is 0 Å². The molecule has 0 fully saturated rings. The summed E-state index contributed by atoms with van der Waals surface area (Å²) in [6, 6.07) is 17.3. The Morgan fingerprint density at radius 3 is 2.33 bits per heavy atom. The average molecular weight is 324 g/mol. The number of halogens is 2. The first-order valence-electron chi connectivity index (χ1n) is 7.37. The van der Waals surface area contributed by atoms with Crippen LogP contribution in [-0.4, -0.2) is 10.9 Å². The van der Waals surface area contributed by atoms with Gasteiger partial charge in [0, 0.05) is 11.8 Å². The van der Waals surface area contributed by atoms with Gasteiger partial charge in [0.15, 0.2) is 11.6 Å². The Bertz CT molecular complexity index is 799. The number of carbonyl (C=O) groups is 1. The van der Waals surface area contributed by atoms with Crippen LogP contribution in [0.4, 0.5) is 8.78 Å². The fourth-order valence-electron chi connectivity index (χ4n) is 2.37. The highest BCUT2D eigenvalue weighted by Gasteiger charge is 2.19. The van der Waals surface area contributed by atoms with Crippen molar-refractivity contribution in [1.82, 2.24) is 10.3 Å². The van der Waals surface area contributed by atoms with Crippen molar-refractivity contribution in [1.29, 1.82) is 0 Å². The molecule has 2 aromatic carbocycles. The molecule has 0 unspecified atom stereocenters. The van der Waals surface area contributed by atoms with E-state index >= 15 is 0 Å². The summed E-state index contributed by atoms with van der Waals surface area (Å²) in [6.45, 7) is 0. The Balaban J connectivity index is 1.92. The molecule has 0 spiro atoms. The zero-order valence-electron chi connectivity index (χ0n) is 12.6. The first-order chi connectivity index (χ1) is 11.6. The highest BCUT2D eigenvalue weighted by molar-refractivity contribution is 5.94. The van der Waals surface area contributed by atoms with E-state index in [1.165, 1.54) is 6.07 Å². The van der Waals surface area contributed by atoms with Gasteiger partial charge in [0.1, 0.15) is 0 Å². The minimum absolute atomic E-state index is 0.0470. The van der Waals surface area contributed by atoms with Crippen LogP contribution >= 0.6 is 0 Å². The topological polar surface area (TPSA) is 42.0 Å². The van der Waals surface area contributed by atoms with E-state index in [1.54, 1.807) is 18.3 Å². The van der Waals surface area contributed by atoms with Gasteiger partial charge in [0.25, 0.3) is 5.91 Å². The number of hydrogen-bond donors (Lipinski definition) is 1. The molecule has 1 atom stereocenters. The summed E-state index contributed by atoms with van der Waals surface area (Å²) in [5, 5.41) is 2.82. The second kappa shape index (κ2) is 7.00. The molecule has 0 saturated carbocycles. The lowest BCUT2D eigenvalue weighted by atomic mass is 10.0. The number of amides is 1. The van der Waals surface area contributed by atoms with Crippen LogP contribution < -0.4 is 5.32 Å². The molecule has 120 valence electrons. The summed E-state index contributed by atoms with van der Waals surface area (Å²) in [5.74, 6) is -2.55. The van der Waals surface area contributed by atoms with Gasteiger partial charge in [-0.05, 0) is 35.9 Å². The maximum atomic E-state index is 13.4. The molecule has 0 bridgehead atoms. The number of pyridine rings is 1. The van der Waals surface area contributed by atoms with Crippen molar-refractivity contribution >= 4 is 5.91 Å². The summed E-state index contributed by atoms with van der Waals surface area (Å²) >= 11 is 0. The minimum Gasteiger partial charge on any atom is -0.340 e. The number of benzene rings is 2. The van der Waals surface area contributed by atoms with Gasteiger partial charge in [0.2, 0.25) is 0 Å². The van der Waals surface area contributed by atoms with Gasteiger partial charge in [-0.15, -0.1) is 0 Å². The lowest BCUT2D eigenvalue weighted by Crippen LogP contribution is -2.30. The summed E-state index contributed by atoms with van der Waals surface area (Å²) in [4.78, 5) is 16.7. The van der Waals surface area contributed by atoms with Gasteiger partial charge < -0.3 is 5.32 Å². The van der Waals surface area contributed by atoms with Crippen molar-refractivity contribution in [2.75, 3.05) is 0 Å². The standard InChI is InChI=1S/C19H14F2N2O/c20-15-10-9-14(12-16(15)21)19(24)23-18(13-6-2-1-3-7-13)17-8-4-5-11-22-17/h1-12,18H,(H,23,24)/t18-/m1/s1. The second-order valence-corrected chi connectivity index (χ2v) is 5.20. The largest absolute Gasteiger partial charge is 0.340 e. The fourth-order valence-corrected chi connectivity index (χ4v) is 2.37.